The van der Waals surface area contributed by atoms with Gasteiger partial charge in [-0.2, -0.15) is 0 Å². The van der Waals surface area contributed by atoms with E-state index in [1.807, 2.05) is 6.07 Å². The summed E-state index contributed by atoms with van der Waals surface area (Å²) in [6.07, 6.45) is 1.07. The molecule has 1 N–H and O–H groups in total. The minimum atomic E-state index is -3.62. The lowest BCUT2D eigenvalue weighted by Crippen LogP contribution is -2.37. The SMILES string of the molecule is COc1ccc(NC(=O)CN(c2ccccc2C)S(C)(=O)=O)cc1OC. The van der Waals surface area contributed by atoms with E-state index >= 15 is 0 Å². The van der Waals surface area contributed by atoms with E-state index in [-0.39, 0.29) is 6.54 Å². The number of nitrogens with one attached hydrogen (secondary N) is 1. The van der Waals surface area contributed by atoms with Crippen molar-refractivity contribution in [2.24, 2.45) is 0 Å². The first-order valence-corrected chi connectivity index (χ1v) is 9.66. The second-order valence-electron chi connectivity index (χ2n) is 5.67. The number of sulfonamides is 1. The Hall–Kier alpha value is -2.74. The highest BCUT2D eigenvalue weighted by atomic mass is 32.2. The quantitative estimate of drug-likeness (QED) is 0.800. The van der Waals surface area contributed by atoms with Crippen molar-refractivity contribution in [2.75, 3.05) is 36.6 Å². The van der Waals surface area contributed by atoms with E-state index in [9.17, 15) is 13.2 Å². The fourth-order valence-electron chi connectivity index (χ4n) is 2.47. The predicted molar refractivity (Wildman–Crippen MR) is 102 cm³/mol. The lowest BCUT2D eigenvalue weighted by molar-refractivity contribution is -0.114. The summed E-state index contributed by atoms with van der Waals surface area (Å²) in [5.41, 5.74) is 1.71. The zero-order valence-corrected chi connectivity index (χ0v) is 16.0. The van der Waals surface area contributed by atoms with Crippen molar-refractivity contribution in [3.05, 3.63) is 48.0 Å². The molecule has 7 nitrogen and oxygen atoms in total. The molecular weight excluding hydrogens is 356 g/mol. The van der Waals surface area contributed by atoms with Crippen molar-refractivity contribution in [3.63, 3.8) is 0 Å². The molecule has 140 valence electrons. The van der Waals surface area contributed by atoms with Crippen molar-refractivity contribution in [1.29, 1.82) is 0 Å². The maximum Gasteiger partial charge on any atom is 0.245 e. The average molecular weight is 378 g/mol. The summed E-state index contributed by atoms with van der Waals surface area (Å²) in [4.78, 5) is 12.4. The number of methoxy groups -OCH3 is 2. The van der Waals surface area contributed by atoms with Gasteiger partial charge in [0.2, 0.25) is 15.9 Å². The van der Waals surface area contributed by atoms with Crippen LogP contribution in [0.25, 0.3) is 0 Å². The normalized spacial score (nSPS) is 10.9. The van der Waals surface area contributed by atoms with Crippen LogP contribution in [0.3, 0.4) is 0 Å². The molecule has 0 saturated heterocycles. The number of rotatable bonds is 7. The molecule has 0 atom stereocenters. The van der Waals surface area contributed by atoms with E-state index in [0.29, 0.717) is 22.9 Å². The third-order valence-electron chi connectivity index (χ3n) is 3.74. The summed E-state index contributed by atoms with van der Waals surface area (Å²) in [7, 11) is -0.614. The Labute approximate surface area is 153 Å². The van der Waals surface area contributed by atoms with E-state index in [1.54, 1.807) is 43.3 Å². The fraction of sp³-hybridized carbons (Fsp3) is 0.278. The molecule has 0 unspecified atom stereocenters. The van der Waals surface area contributed by atoms with Crippen LogP contribution in [-0.2, 0) is 14.8 Å². The Kier molecular flexibility index (Phi) is 6.10. The van der Waals surface area contributed by atoms with Gasteiger partial charge in [0.05, 0.1) is 26.2 Å². The first-order valence-electron chi connectivity index (χ1n) is 7.81. The van der Waals surface area contributed by atoms with Gasteiger partial charge in [0, 0.05) is 11.8 Å². The zero-order valence-electron chi connectivity index (χ0n) is 15.1. The number of carbonyl (C=O) groups is 1. The van der Waals surface area contributed by atoms with Gasteiger partial charge >= 0.3 is 0 Å². The summed E-state index contributed by atoms with van der Waals surface area (Å²) in [5.74, 6) is 0.526. The van der Waals surface area contributed by atoms with Gasteiger partial charge in [0.15, 0.2) is 11.5 Å². The number of aryl methyl sites for hydroxylation is 1. The Morgan fingerprint density at radius 3 is 2.31 bits per heavy atom. The second kappa shape index (κ2) is 8.09. The maximum atomic E-state index is 12.4. The van der Waals surface area contributed by atoms with Crippen LogP contribution in [0.1, 0.15) is 5.56 Å². The molecule has 2 rings (SSSR count). The summed E-state index contributed by atoms with van der Waals surface area (Å²) < 4.78 is 35.8. The molecule has 0 radical (unpaired) electrons. The van der Waals surface area contributed by atoms with Crippen molar-refractivity contribution >= 4 is 27.3 Å². The summed E-state index contributed by atoms with van der Waals surface area (Å²) in [6.45, 7) is 1.46. The van der Waals surface area contributed by atoms with Crippen LogP contribution < -0.4 is 19.1 Å². The third-order valence-corrected chi connectivity index (χ3v) is 4.87. The smallest absolute Gasteiger partial charge is 0.245 e. The number of amides is 1. The number of nitrogens with zero attached hydrogens (tertiary/aromatic N) is 1. The molecule has 0 aliphatic heterocycles. The third kappa shape index (κ3) is 4.66. The van der Waals surface area contributed by atoms with Crippen LogP contribution in [0.15, 0.2) is 42.5 Å². The van der Waals surface area contributed by atoms with Gasteiger partial charge < -0.3 is 14.8 Å². The molecule has 0 heterocycles. The molecular formula is C18H22N2O5S. The van der Waals surface area contributed by atoms with E-state index in [2.05, 4.69) is 5.32 Å². The van der Waals surface area contributed by atoms with Gasteiger partial charge in [-0.3, -0.25) is 9.10 Å². The van der Waals surface area contributed by atoms with Gasteiger partial charge in [0.25, 0.3) is 0 Å². The van der Waals surface area contributed by atoms with Crippen molar-refractivity contribution in [2.45, 2.75) is 6.92 Å². The Morgan fingerprint density at radius 1 is 1.08 bits per heavy atom. The summed E-state index contributed by atoms with van der Waals surface area (Å²) >= 11 is 0. The zero-order chi connectivity index (χ0) is 19.3. The number of benzene rings is 2. The molecule has 1 amide bonds. The van der Waals surface area contributed by atoms with E-state index in [0.717, 1.165) is 16.1 Å². The highest BCUT2D eigenvalue weighted by Gasteiger charge is 2.22. The highest BCUT2D eigenvalue weighted by Crippen LogP contribution is 2.30. The number of para-hydroxylation sites is 1. The Bertz CT molecular complexity index is 896. The molecule has 26 heavy (non-hydrogen) atoms. The lowest BCUT2D eigenvalue weighted by Gasteiger charge is -2.23. The molecule has 2 aromatic carbocycles. The van der Waals surface area contributed by atoms with E-state index in [4.69, 9.17) is 9.47 Å². The topological polar surface area (TPSA) is 84.9 Å². The van der Waals surface area contributed by atoms with Crippen molar-refractivity contribution in [1.82, 2.24) is 0 Å². The second-order valence-corrected chi connectivity index (χ2v) is 7.58. The van der Waals surface area contributed by atoms with Gasteiger partial charge in [-0.25, -0.2) is 8.42 Å². The van der Waals surface area contributed by atoms with Crippen LogP contribution in [0, 0.1) is 6.92 Å². The van der Waals surface area contributed by atoms with Crippen molar-refractivity contribution in [3.8, 4) is 11.5 Å². The van der Waals surface area contributed by atoms with Crippen LogP contribution >= 0.6 is 0 Å². The van der Waals surface area contributed by atoms with Gasteiger partial charge in [-0.05, 0) is 30.7 Å². The van der Waals surface area contributed by atoms with E-state index < -0.39 is 15.9 Å². The summed E-state index contributed by atoms with van der Waals surface area (Å²) in [6, 6.07) is 11.9. The minimum Gasteiger partial charge on any atom is -0.493 e. The van der Waals surface area contributed by atoms with Crippen LogP contribution in [0.2, 0.25) is 0 Å². The van der Waals surface area contributed by atoms with Gasteiger partial charge in [-0.1, -0.05) is 18.2 Å². The predicted octanol–water partition coefficient (Wildman–Crippen LogP) is 2.42. The first-order chi connectivity index (χ1) is 12.3. The monoisotopic (exact) mass is 378 g/mol. The molecule has 0 spiro atoms. The molecule has 0 aromatic heterocycles. The number of anilines is 2. The molecule has 0 aliphatic rings. The number of ether oxygens (including phenoxy) is 2. The van der Waals surface area contributed by atoms with Gasteiger partial charge in [0.1, 0.15) is 6.54 Å². The first kappa shape index (κ1) is 19.6. The largest absolute Gasteiger partial charge is 0.493 e. The maximum absolute atomic E-state index is 12.4. The molecule has 0 bridgehead atoms. The average Bonchev–Trinajstić information content (AvgIpc) is 2.59. The lowest BCUT2D eigenvalue weighted by atomic mass is 10.2. The van der Waals surface area contributed by atoms with Crippen LogP contribution in [-0.4, -0.2) is 41.3 Å². The fourth-order valence-corrected chi connectivity index (χ4v) is 3.38. The van der Waals surface area contributed by atoms with Crippen LogP contribution in [0.5, 0.6) is 11.5 Å². The summed E-state index contributed by atoms with van der Waals surface area (Å²) in [5, 5.41) is 2.68. The van der Waals surface area contributed by atoms with Crippen molar-refractivity contribution < 1.29 is 22.7 Å². The van der Waals surface area contributed by atoms with Gasteiger partial charge in [-0.15, -0.1) is 0 Å². The minimum absolute atomic E-state index is 0.335. The Morgan fingerprint density at radius 2 is 1.73 bits per heavy atom. The molecule has 8 heteroatoms. The molecule has 2 aromatic rings. The number of hydrogen-bond acceptors (Lipinski definition) is 5. The molecule has 0 fully saturated rings. The Balaban J connectivity index is 2.22. The van der Waals surface area contributed by atoms with E-state index in [1.165, 1.54) is 14.2 Å². The standard InChI is InChI=1S/C18H22N2O5S/c1-13-7-5-6-8-15(13)20(26(4,22)23)12-18(21)19-14-9-10-16(24-2)17(11-14)25-3/h5-11H,12H2,1-4H3,(H,19,21). The van der Waals surface area contributed by atoms with Crippen LogP contribution in [0.4, 0.5) is 11.4 Å². The number of carbonyl (C=O) groups excluding carboxylic acids is 1. The highest BCUT2D eigenvalue weighted by molar-refractivity contribution is 7.92. The molecule has 0 saturated carbocycles. The molecule has 0 aliphatic carbocycles. The number of hydrogen-bond donors (Lipinski definition) is 1.